The van der Waals surface area contributed by atoms with Crippen LogP contribution in [0.1, 0.15) is 0 Å². The molecule has 3 N–H and O–H groups in total. The first-order valence-electron chi connectivity index (χ1n) is 9.26. The van der Waals surface area contributed by atoms with Crippen molar-refractivity contribution in [3.05, 3.63) is 82.8 Å². The summed E-state index contributed by atoms with van der Waals surface area (Å²) in [7, 11) is 0. The van der Waals surface area contributed by atoms with Crippen LogP contribution in [0.4, 0.5) is 11.4 Å². The topological polar surface area (TPSA) is 85.8 Å². The highest BCUT2D eigenvalue weighted by Crippen LogP contribution is 2.29. The molecule has 31 heavy (non-hydrogen) atoms. The minimum atomic E-state index is -0.220. The molecule has 0 saturated heterocycles. The van der Waals surface area contributed by atoms with Gasteiger partial charge in [0.2, 0.25) is 5.91 Å². The number of rotatable bonds is 6. The molecule has 3 aromatic carbocycles. The number of benzene rings is 3. The Bertz CT molecular complexity index is 1230. The van der Waals surface area contributed by atoms with Crippen molar-refractivity contribution in [2.24, 2.45) is 0 Å². The van der Waals surface area contributed by atoms with Gasteiger partial charge in [-0.3, -0.25) is 9.36 Å². The van der Waals surface area contributed by atoms with Crippen LogP contribution in [-0.2, 0) is 4.79 Å². The highest BCUT2D eigenvalue weighted by atomic mass is 35.5. The fraction of sp³-hybridized carbons (Fsp3) is 0.0455. The van der Waals surface area contributed by atoms with Crippen LogP contribution in [-0.4, -0.2) is 26.4 Å². The number of nitrogen functional groups attached to an aromatic ring is 1. The smallest absolute Gasteiger partial charge is 0.234 e. The molecule has 0 unspecified atom stereocenters. The van der Waals surface area contributed by atoms with Crippen molar-refractivity contribution in [2.75, 3.05) is 16.8 Å². The Balaban J connectivity index is 1.59. The Morgan fingerprint density at radius 3 is 2.55 bits per heavy atom. The maximum atomic E-state index is 12.5. The van der Waals surface area contributed by atoms with Crippen LogP contribution in [0.2, 0.25) is 10.0 Å². The van der Waals surface area contributed by atoms with Crippen LogP contribution in [0.3, 0.4) is 0 Å². The molecular weight excluding hydrogens is 453 g/mol. The Morgan fingerprint density at radius 1 is 1.00 bits per heavy atom. The second-order valence-electron chi connectivity index (χ2n) is 6.56. The van der Waals surface area contributed by atoms with E-state index in [1.54, 1.807) is 18.2 Å². The number of para-hydroxylation sites is 1. The Morgan fingerprint density at radius 2 is 1.81 bits per heavy atom. The van der Waals surface area contributed by atoms with Gasteiger partial charge in [0.25, 0.3) is 0 Å². The monoisotopic (exact) mass is 469 g/mol. The fourth-order valence-electron chi connectivity index (χ4n) is 2.95. The SMILES string of the molecule is Nc1cccc(-c2nnc(SCC(=O)Nc3ccc(Cl)cc3Cl)n2-c2ccccc2)c1. The first-order chi connectivity index (χ1) is 15.0. The van der Waals surface area contributed by atoms with E-state index in [1.165, 1.54) is 11.8 Å². The number of nitrogens with zero attached hydrogens (tertiary/aromatic N) is 3. The average Bonchev–Trinajstić information content (AvgIpc) is 3.19. The number of aromatic nitrogens is 3. The lowest BCUT2D eigenvalue weighted by Crippen LogP contribution is -2.15. The summed E-state index contributed by atoms with van der Waals surface area (Å²) in [6, 6.07) is 22.1. The quantitative estimate of drug-likeness (QED) is 0.285. The first kappa shape index (κ1) is 21.2. The predicted octanol–water partition coefficient (Wildman–Crippen LogP) is 5.55. The first-order valence-corrected chi connectivity index (χ1v) is 11.0. The summed E-state index contributed by atoms with van der Waals surface area (Å²) >= 11 is 13.3. The van der Waals surface area contributed by atoms with Gasteiger partial charge >= 0.3 is 0 Å². The van der Waals surface area contributed by atoms with Crippen molar-refractivity contribution in [1.29, 1.82) is 0 Å². The molecule has 0 aliphatic heterocycles. The zero-order valence-electron chi connectivity index (χ0n) is 16.1. The average molecular weight is 470 g/mol. The Labute approximate surface area is 193 Å². The number of thioether (sulfide) groups is 1. The van der Waals surface area contributed by atoms with Crippen LogP contribution >= 0.6 is 35.0 Å². The van der Waals surface area contributed by atoms with E-state index in [2.05, 4.69) is 15.5 Å². The van der Waals surface area contributed by atoms with Crippen LogP contribution in [0.15, 0.2) is 78.0 Å². The molecule has 4 aromatic rings. The van der Waals surface area contributed by atoms with E-state index in [0.29, 0.717) is 32.4 Å². The van der Waals surface area contributed by atoms with Crippen molar-refractivity contribution in [3.8, 4) is 17.1 Å². The minimum absolute atomic E-state index is 0.126. The number of nitrogens with one attached hydrogen (secondary N) is 1. The molecule has 0 aliphatic carbocycles. The van der Waals surface area contributed by atoms with Crippen LogP contribution in [0.25, 0.3) is 17.1 Å². The number of nitrogens with two attached hydrogens (primary N) is 1. The number of halogens is 2. The van der Waals surface area contributed by atoms with E-state index < -0.39 is 0 Å². The third-order valence-electron chi connectivity index (χ3n) is 4.33. The lowest BCUT2D eigenvalue weighted by molar-refractivity contribution is -0.113. The number of carbonyl (C=O) groups excluding carboxylic acids is 1. The van der Waals surface area contributed by atoms with Crippen molar-refractivity contribution in [2.45, 2.75) is 5.16 Å². The molecular formula is C22H17Cl2N5OS. The fourth-order valence-corrected chi connectivity index (χ4v) is 4.15. The molecule has 156 valence electrons. The molecule has 1 aromatic heterocycles. The van der Waals surface area contributed by atoms with E-state index in [0.717, 1.165) is 11.3 Å². The molecule has 0 aliphatic rings. The predicted molar refractivity (Wildman–Crippen MR) is 127 cm³/mol. The van der Waals surface area contributed by atoms with Crippen molar-refractivity contribution in [1.82, 2.24) is 14.8 Å². The number of carbonyl (C=O) groups is 1. The normalized spacial score (nSPS) is 10.8. The molecule has 4 rings (SSSR count). The summed E-state index contributed by atoms with van der Waals surface area (Å²) in [6.07, 6.45) is 0. The summed E-state index contributed by atoms with van der Waals surface area (Å²) in [6.45, 7) is 0. The van der Waals surface area contributed by atoms with Gasteiger partial charge < -0.3 is 11.1 Å². The van der Waals surface area contributed by atoms with Gasteiger partial charge in [0, 0.05) is 22.0 Å². The van der Waals surface area contributed by atoms with Gasteiger partial charge in [0.1, 0.15) is 0 Å². The van der Waals surface area contributed by atoms with Crippen molar-refractivity contribution >= 4 is 52.2 Å². The lowest BCUT2D eigenvalue weighted by atomic mass is 10.2. The second kappa shape index (κ2) is 9.43. The number of amides is 1. The van der Waals surface area contributed by atoms with Crippen molar-refractivity contribution < 1.29 is 4.79 Å². The maximum absolute atomic E-state index is 12.5. The molecule has 0 spiro atoms. The number of anilines is 2. The molecule has 0 atom stereocenters. The Hall–Kier alpha value is -3.00. The van der Waals surface area contributed by atoms with Crippen LogP contribution in [0, 0.1) is 0 Å². The second-order valence-corrected chi connectivity index (χ2v) is 8.35. The van der Waals surface area contributed by atoms with Crippen molar-refractivity contribution in [3.63, 3.8) is 0 Å². The molecule has 1 amide bonds. The summed E-state index contributed by atoms with van der Waals surface area (Å²) in [4.78, 5) is 12.5. The van der Waals surface area contributed by atoms with E-state index in [4.69, 9.17) is 28.9 Å². The van der Waals surface area contributed by atoms with E-state index in [1.807, 2.05) is 59.2 Å². The largest absolute Gasteiger partial charge is 0.399 e. The zero-order valence-corrected chi connectivity index (χ0v) is 18.5. The van der Waals surface area contributed by atoms with E-state index in [-0.39, 0.29) is 11.7 Å². The van der Waals surface area contributed by atoms with Gasteiger partial charge in [-0.25, -0.2) is 0 Å². The molecule has 0 fully saturated rings. The van der Waals surface area contributed by atoms with Gasteiger partial charge in [-0.15, -0.1) is 10.2 Å². The lowest BCUT2D eigenvalue weighted by Gasteiger charge is -2.11. The molecule has 9 heteroatoms. The highest BCUT2D eigenvalue weighted by molar-refractivity contribution is 7.99. The number of hydrogen-bond donors (Lipinski definition) is 2. The van der Waals surface area contributed by atoms with E-state index >= 15 is 0 Å². The summed E-state index contributed by atoms with van der Waals surface area (Å²) in [5.41, 5.74) is 8.80. The standard InChI is InChI=1S/C22H17Cl2N5OS/c23-15-9-10-19(18(24)12-15)26-20(30)13-31-22-28-27-21(14-5-4-6-16(25)11-14)29(22)17-7-2-1-3-8-17/h1-12H,13,25H2,(H,26,30). The minimum Gasteiger partial charge on any atom is -0.399 e. The van der Waals surface area contributed by atoms with Gasteiger partial charge in [0.15, 0.2) is 11.0 Å². The molecule has 0 bridgehead atoms. The third-order valence-corrected chi connectivity index (χ3v) is 5.81. The Kier molecular flexibility index (Phi) is 6.46. The van der Waals surface area contributed by atoms with E-state index in [9.17, 15) is 4.79 Å². The number of hydrogen-bond acceptors (Lipinski definition) is 5. The van der Waals surface area contributed by atoms with Gasteiger partial charge in [-0.05, 0) is 42.5 Å². The van der Waals surface area contributed by atoms with Gasteiger partial charge in [-0.1, -0.05) is 65.3 Å². The summed E-state index contributed by atoms with van der Waals surface area (Å²) < 4.78 is 1.90. The highest BCUT2D eigenvalue weighted by Gasteiger charge is 2.17. The summed E-state index contributed by atoms with van der Waals surface area (Å²) in [5, 5.41) is 12.9. The third kappa shape index (κ3) is 5.02. The van der Waals surface area contributed by atoms with Gasteiger partial charge in [0.05, 0.1) is 16.5 Å². The van der Waals surface area contributed by atoms with Crippen LogP contribution in [0.5, 0.6) is 0 Å². The summed E-state index contributed by atoms with van der Waals surface area (Å²) in [5.74, 6) is 0.547. The van der Waals surface area contributed by atoms with Crippen LogP contribution < -0.4 is 11.1 Å². The molecule has 0 saturated carbocycles. The molecule has 0 radical (unpaired) electrons. The maximum Gasteiger partial charge on any atom is 0.234 e. The molecule has 1 heterocycles. The zero-order chi connectivity index (χ0) is 21.8. The van der Waals surface area contributed by atoms with Gasteiger partial charge in [-0.2, -0.15) is 0 Å². The molecule has 6 nitrogen and oxygen atoms in total.